The number of carbonyl (C=O) groups is 2. The number of aryl methyl sites for hydroxylation is 1. The number of benzene rings is 2. The lowest BCUT2D eigenvalue weighted by Gasteiger charge is -2.17. The van der Waals surface area contributed by atoms with Crippen LogP contribution in [0, 0.1) is 6.92 Å². The normalized spacial score (nSPS) is 13.5. The van der Waals surface area contributed by atoms with Gasteiger partial charge in [0.25, 0.3) is 11.8 Å². The number of hydrogen-bond acceptors (Lipinski definition) is 4. The molecule has 142 valence electrons. The van der Waals surface area contributed by atoms with Crippen molar-refractivity contribution in [2.75, 3.05) is 18.4 Å². The topological polar surface area (TPSA) is 75.4 Å². The maximum atomic E-state index is 12.9. The van der Waals surface area contributed by atoms with E-state index in [-0.39, 0.29) is 11.6 Å². The highest BCUT2D eigenvalue weighted by atomic mass is 16.3. The van der Waals surface area contributed by atoms with Crippen molar-refractivity contribution in [1.29, 1.82) is 0 Å². The Labute approximate surface area is 163 Å². The van der Waals surface area contributed by atoms with Crippen molar-refractivity contribution < 1.29 is 14.0 Å². The summed E-state index contributed by atoms with van der Waals surface area (Å²) in [6.45, 7) is 3.48. The number of nitrogens with zero attached hydrogens (tertiary/aromatic N) is 2. The van der Waals surface area contributed by atoms with Crippen molar-refractivity contribution in [2.45, 2.75) is 19.8 Å². The second-order valence-corrected chi connectivity index (χ2v) is 6.90. The lowest BCUT2D eigenvalue weighted by Crippen LogP contribution is -2.28. The quantitative estimate of drug-likeness (QED) is 0.744. The third kappa shape index (κ3) is 3.53. The molecular formula is C22H21N3O3. The van der Waals surface area contributed by atoms with E-state index in [2.05, 4.69) is 10.3 Å². The number of rotatable bonds is 4. The van der Waals surface area contributed by atoms with Crippen molar-refractivity contribution in [3.05, 3.63) is 71.7 Å². The van der Waals surface area contributed by atoms with Crippen molar-refractivity contribution in [1.82, 2.24) is 9.88 Å². The van der Waals surface area contributed by atoms with E-state index in [1.165, 1.54) is 6.39 Å². The van der Waals surface area contributed by atoms with Gasteiger partial charge < -0.3 is 14.6 Å². The van der Waals surface area contributed by atoms with Gasteiger partial charge in [0, 0.05) is 18.7 Å². The molecule has 0 aliphatic carbocycles. The molecule has 6 nitrogen and oxygen atoms in total. The molecule has 1 fully saturated rings. The average Bonchev–Trinajstić information content (AvgIpc) is 3.40. The predicted molar refractivity (Wildman–Crippen MR) is 106 cm³/mol. The molecule has 0 spiro atoms. The Kier molecular flexibility index (Phi) is 4.93. The summed E-state index contributed by atoms with van der Waals surface area (Å²) < 4.78 is 5.48. The number of aromatic nitrogens is 1. The molecule has 2 heterocycles. The average molecular weight is 375 g/mol. The Bertz CT molecular complexity index is 1020. The summed E-state index contributed by atoms with van der Waals surface area (Å²) in [5, 5.41) is 2.83. The molecule has 0 saturated carbocycles. The first-order valence-corrected chi connectivity index (χ1v) is 9.33. The van der Waals surface area contributed by atoms with Gasteiger partial charge in [-0.05, 0) is 38.0 Å². The molecule has 0 atom stereocenters. The Hall–Kier alpha value is -3.41. The van der Waals surface area contributed by atoms with Crippen molar-refractivity contribution in [3.63, 3.8) is 0 Å². The van der Waals surface area contributed by atoms with E-state index in [4.69, 9.17) is 4.42 Å². The summed E-state index contributed by atoms with van der Waals surface area (Å²) in [5.74, 6) is -0.0658. The molecule has 1 aliphatic rings. The van der Waals surface area contributed by atoms with E-state index in [1.54, 1.807) is 24.3 Å². The number of carbonyl (C=O) groups excluding carboxylic acids is 2. The smallest absolute Gasteiger partial charge is 0.278 e. The van der Waals surface area contributed by atoms with Gasteiger partial charge in [-0.25, -0.2) is 4.98 Å². The van der Waals surface area contributed by atoms with E-state index in [9.17, 15) is 9.59 Å². The van der Waals surface area contributed by atoms with Gasteiger partial charge in [-0.2, -0.15) is 0 Å². The van der Waals surface area contributed by atoms with Crippen molar-refractivity contribution in [2.24, 2.45) is 0 Å². The molecule has 2 amide bonds. The number of hydrogen-bond donors (Lipinski definition) is 1. The van der Waals surface area contributed by atoms with Gasteiger partial charge in [0.1, 0.15) is 0 Å². The third-order valence-corrected chi connectivity index (χ3v) is 4.86. The summed E-state index contributed by atoms with van der Waals surface area (Å²) in [4.78, 5) is 31.6. The minimum Gasteiger partial charge on any atom is -0.443 e. The lowest BCUT2D eigenvalue weighted by molar-refractivity contribution is 0.0794. The van der Waals surface area contributed by atoms with Gasteiger partial charge in [0.15, 0.2) is 17.8 Å². The van der Waals surface area contributed by atoms with E-state index in [1.807, 2.05) is 36.1 Å². The van der Waals surface area contributed by atoms with Gasteiger partial charge in [0.2, 0.25) is 0 Å². The summed E-state index contributed by atoms with van der Waals surface area (Å²) in [7, 11) is 0. The number of para-hydroxylation sites is 1. The standard InChI is InChI=1S/C22H21N3O3/c1-15-7-6-8-16(13-15)20-19(23-14-28-20)21(26)24-18-10-3-2-9-17(18)22(27)25-11-4-5-12-25/h2-3,6-10,13-14H,4-5,11-12H2,1H3,(H,24,26). The molecule has 6 heteroatoms. The maximum absolute atomic E-state index is 12.9. The molecule has 1 N–H and O–H groups in total. The fourth-order valence-electron chi connectivity index (χ4n) is 3.45. The van der Waals surface area contributed by atoms with Crippen LogP contribution in [0.15, 0.2) is 59.3 Å². The third-order valence-electron chi connectivity index (χ3n) is 4.86. The van der Waals surface area contributed by atoms with Crippen LogP contribution in [0.3, 0.4) is 0 Å². The van der Waals surface area contributed by atoms with Crippen LogP contribution in [0.5, 0.6) is 0 Å². The number of oxazole rings is 1. The zero-order valence-corrected chi connectivity index (χ0v) is 15.6. The Morgan fingerprint density at radius 3 is 2.64 bits per heavy atom. The molecule has 0 unspecified atom stereocenters. The van der Waals surface area contributed by atoms with Crippen LogP contribution in [0.4, 0.5) is 5.69 Å². The second-order valence-electron chi connectivity index (χ2n) is 6.90. The first kappa shape index (κ1) is 18.0. The highest BCUT2D eigenvalue weighted by molar-refractivity contribution is 6.10. The largest absolute Gasteiger partial charge is 0.443 e. The lowest BCUT2D eigenvalue weighted by atomic mass is 10.1. The van der Waals surface area contributed by atoms with Crippen LogP contribution in [-0.2, 0) is 0 Å². The number of likely N-dealkylation sites (tertiary alicyclic amines) is 1. The van der Waals surface area contributed by atoms with Gasteiger partial charge in [-0.3, -0.25) is 9.59 Å². The number of anilines is 1. The Morgan fingerprint density at radius 1 is 1.07 bits per heavy atom. The van der Waals surface area contributed by atoms with Gasteiger partial charge >= 0.3 is 0 Å². The van der Waals surface area contributed by atoms with Crippen LogP contribution < -0.4 is 5.32 Å². The molecule has 2 aromatic carbocycles. The summed E-state index contributed by atoms with van der Waals surface area (Å²) in [6, 6.07) is 14.7. The van der Waals surface area contributed by atoms with E-state index in [0.717, 1.165) is 37.1 Å². The number of nitrogens with one attached hydrogen (secondary N) is 1. The zero-order chi connectivity index (χ0) is 19.5. The molecule has 0 bridgehead atoms. The fourth-order valence-corrected chi connectivity index (χ4v) is 3.45. The van der Waals surface area contributed by atoms with Crippen LogP contribution in [0.25, 0.3) is 11.3 Å². The van der Waals surface area contributed by atoms with Crippen LogP contribution in [-0.4, -0.2) is 34.8 Å². The minimum atomic E-state index is -0.410. The Morgan fingerprint density at radius 2 is 1.86 bits per heavy atom. The molecule has 3 aromatic rings. The molecule has 4 rings (SSSR count). The van der Waals surface area contributed by atoms with E-state index < -0.39 is 5.91 Å². The van der Waals surface area contributed by atoms with E-state index in [0.29, 0.717) is 17.0 Å². The summed E-state index contributed by atoms with van der Waals surface area (Å²) in [5.41, 5.74) is 2.99. The molecular weight excluding hydrogens is 354 g/mol. The van der Waals surface area contributed by atoms with E-state index >= 15 is 0 Å². The molecule has 0 radical (unpaired) electrons. The second kappa shape index (κ2) is 7.68. The highest BCUT2D eigenvalue weighted by Crippen LogP contribution is 2.26. The molecule has 28 heavy (non-hydrogen) atoms. The summed E-state index contributed by atoms with van der Waals surface area (Å²) in [6.07, 6.45) is 3.28. The highest BCUT2D eigenvalue weighted by Gasteiger charge is 2.24. The maximum Gasteiger partial charge on any atom is 0.278 e. The first-order chi connectivity index (χ1) is 13.6. The monoisotopic (exact) mass is 375 g/mol. The van der Waals surface area contributed by atoms with Crippen molar-refractivity contribution in [3.8, 4) is 11.3 Å². The predicted octanol–water partition coefficient (Wildman–Crippen LogP) is 4.14. The molecule has 1 aliphatic heterocycles. The summed E-state index contributed by atoms with van der Waals surface area (Å²) >= 11 is 0. The van der Waals surface area contributed by atoms with Gasteiger partial charge in [-0.15, -0.1) is 0 Å². The van der Waals surface area contributed by atoms with Crippen LogP contribution in [0.1, 0.15) is 39.3 Å². The minimum absolute atomic E-state index is 0.0625. The van der Waals surface area contributed by atoms with Gasteiger partial charge in [0.05, 0.1) is 11.3 Å². The molecule has 1 saturated heterocycles. The van der Waals surface area contributed by atoms with Crippen LogP contribution >= 0.6 is 0 Å². The van der Waals surface area contributed by atoms with Crippen molar-refractivity contribution >= 4 is 17.5 Å². The SMILES string of the molecule is Cc1cccc(-c2ocnc2C(=O)Nc2ccccc2C(=O)N2CCCC2)c1. The van der Waals surface area contributed by atoms with Gasteiger partial charge in [-0.1, -0.05) is 35.9 Å². The number of amides is 2. The zero-order valence-electron chi connectivity index (χ0n) is 15.6. The Balaban J connectivity index is 1.61. The fraction of sp³-hybridized carbons (Fsp3) is 0.227. The van der Waals surface area contributed by atoms with Crippen LogP contribution in [0.2, 0.25) is 0 Å². The first-order valence-electron chi connectivity index (χ1n) is 9.33. The molecule has 1 aromatic heterocycles.